The summed E-state index contributed by atoms with van der Waals surface area (Å²) in [6.07, 6.45) is 0. The highest BCUT2D eigenvalue weighted by Gasteiger charge is 2.12. The van der Waals surface area contributed by atoms with E-state index in [2.05, 4.69) is 38.1 Å². The van der Waals surface area contributed by atoms with Gasteiger partial charge in [0.25, 0.3) is 0 Å². The van der Waals surface area contributed by atoms with Gasteiger partial charge in [0.1, 0.15) is 0 Å². The molecule has 0 aliphatic rings. The van der Waals surface area contributed by atoms with Gasteiger partial charge in [-0.25, -0.2) is 4.98 Å². The molecule has 0 radical (unpaired) electrons. The largest absolute Gasteiger partial charge is 0.293 e. The van der Waals surface area contributed by atoms with Crippen LogP contribution in [0.5, 0.6) is 0 Å². The smallest absolute Gasteiger partial charge is 0.173 e. The summed E-state index contributed by atoms with van der Waals surface area (Å²) < 4.78 is 0. The normalized spacial score (nSPS) is 11.0. The number of rotatable bonds is 4. The molecule has 0 aliphatic carbocycles. The van der Waals surface area contributed by atoms with Crippen LogP contribution in [-0.2, 0) is 0 Å². The molecule has 0 unspecified atom stereocenters. The average Bonchev–Trinajstić information content (AvgIpc) is 2.56. The Bertz CT molecular complexity index is 931. The van der Waals surface area contributed by atoms with Crippen LogP contribution in [0.4, 0.5) is 0 Å². The molecule has 2 aromatic carbocycles. The number of carbonyl (C=O) groups excluding carboxylic acids is 1. The maximum absolute atomic E-state index is 12.6. The third kappa shape index (κ3) is 3.36. The van der Waals surface area contributed by atoms with Gasteiger partial charge in [0, 0.05) is 10.9 Å². The van der Waals surface area contributed by atoms with E-state index < -0.39 is 0 Å². The number of fused-ring (bicyclic) bond motifs is 1. The van der Waals surface area contributed by atoms with Gasteiger partial charge in [-0.2, -0.15) is 0 Å². The standard InChI is InChI=1S/C21H21NOS/c1-13-8-9-14(2)18(10-13)19(23)12-24-20-11-16(4)17-7-5-6-15(3)21(17)22-20/h5-11H,12H2,1-4H3. The highest BCUT2D eigenvalue weighted by Crippen LogP contribution is 2.26. The number of aromatic nitrogens is 1. The quantitative estimate of drug-likeness (QED) is 0.469. The number of hydrogen-bond acceptors (Lipinski definition) is 3. The molecule has 2 nitrogen and oxygen atoms in total. The molecule has 0 saturated heterocycles. The van der Waals surface area contributed by atoms with Crippen molar-refractivity contribution >= 4 is 28.4 Å². The SMILES string of the molecule is Cc1ccc(C)c(C(=O)CSc2cc(C)c3cccc(C)c3n2)c1. The lowest BCUT2D eigenvalue weighted by Crippen LogP contribution is -2.05. The molecule has 0 spiro atoms. The zero-order valence-electron chi connectivity index (χ0n) is 14.5. The Hall–Kier alpha value is -2.13. The van der Waals surface area contributed by atoms with Crippen molar-refractivity contribution in [2.24, 2.45) is 0 Å². The number of hydrogen-bond donors (Lipinski definition) is 0. The summed E-state index contributed by atoms with van der Waals surface area (Å²) in [4.78, 5) is 17.3. The highest BCUT2D eigenvalue weighted by atomic mass is 32.2. The third-order valence-corrected chi connectivity index (χ3v) is 5.18. The molecule has 0 saturated carbocycles. The van der Waals surface area contributed by atoms with Crippen molar-refractivity contribution in [3.8, 4) is 0 Å². The Morgan fingerprint density at radius 3 is 2.54 bits per heavy atom. The van der Waals surface area contributed by atoms with Gasteiger partial charge < -0.3 is 0 Å². The first kappa shape index (κ1) is 16.7. The van der Waals surface area contributed by atoms with E-state index in [-0.39, 0.29) is 5.78 Å². The van der Waals surface area contributed by atoms with Crippen LogP contribution in [0.25, 0.3) is 10.9 Å². The van der Waals surface area contributed by atoms with Crippen LogP contribution in [0.15, 0.2) is 47.5 Å². The number of aryl methyl sites for hydroxylation is 4. The minimum absolute atomic E-state index is 0.158. The maximum Gasteiger partial charge on any atom is 0.173 e. The Morgan fingerprint density at radius 2 is 1.75 bits per heavy atom. The molecular weight excluding hydrogens is 314 g/mol. The number of carbonyl (C=O) groups is 1. The Balaban J connectivity index is 1.84. The molecule has 0 aliphatic heterocycles. The number of thioether (sulfide) groups is 1. The fourth-order valence-electron chi connectivity index (χ4n) is 2.86. The summed E-state index contributed by atoms with van der Waals surface area (Å²) in [5.74, 6) is 0.569. The zero-order chi connectivity index (χ0) is 17.3. The van der Waals surface area contributed by atoms with Gasteiger partial charge in [0.2, 0.25) is 0 Å². The second kappa shape index (κ2) is 6.78. The molecular formula is C21H21NOS. The van der Waals surface area contributed by atoms with E-state index in [0.717, 1.165) is 27.2 Å². The number of ketones is 1. The van der Waals surface area contributed by atoms with Gasteiger partial charge in [0.05, 0.1) is 16.3 Å². The number of para-hydroxylation sites is 1. The van der Waals surface area contributed by atoms with Gasteiger partial charge >= 0.3 is 0 Å². The first-order valence-corrected chi connectivity index (χ1v) is 9.04. The second-order valence-corrected chi connectivity index (χ2v) is 7.27. The summed E-state index contributed by atoms with van der Waals surface area (Å²) in [5.41, 5.74) is 6.36. The first-order valence-electron chi connectivity index (χ1n) is 8.06. The minimum atomic E-state index is 0.158. The summed E-state index contributed by atoms with van der Waals surface area (Å²) >= 11 is 1.51. The van der Waals surface area contributed by atoms with E-state index in [0.29, 0.717) is 5.75 Å². The molecule has 122 valence electrons. The number of Topliss-reactive ketones (excluding diaryl/α,β-unsaturated/α-hetero) is 1. The van der Waals surface area contributed by atoms with Crippen molar-refractivity contribution in [2.45, 2.75) is 32.7 Å². The molecule has 1 heterocycles. The minimum Gasteiger partial charge on any atom is -0.293 e. The first-order chi connectivity index (χ1) is 11.5. The molecule has 24 heavy (non-hydrogen) atoms. The second-order valence-electron chi connectivity index (χ2n) is 6.28. The van der Waals surface area contributed by atoms with Crippen molar-refractivity contribution in [1.82, 2.24) is 4.98 Å². The number of pyridine rings is 1. The van der Waals surface area contributed by atoms with Crippen LogP contribution in [0.2, 0.25) is 0 Å². The molecule has 3 rings (SSSR count). The van der Waals surface area contributed by atoms with E-state index in [1.807, 2.05) is 32.0 Å². The Morgan fingerprint density at radius 1 is 0.958 bits per heavy atom. The molecule has 3 aromatic rings. The van der Waals surface area contributed by atoms with Crippen molar-refractivity contribution in [2.75, 3.05) is 5.75 Å². The lowest BCUT2D eigenvalue weighted by atomic mass is 10.0. The fourth-order valence-corrected chi connectivity index (χ4v) is 3.71. The number of nitrogens with zero attached hydrogens (tertiary/aromatic N) is 1. The van der Waals surface area contributed by atoms with Crippen LogP contribution < -0.4 is 0 Å². The van der Waals surface area contributed by atoms with Crippen LogP contribution >= 0.6 is 11.8 Å². The number of benzene rings is 2. The van der Waals surface area contributed by atoms with Crippen molar-refractivity contribution in [1.29, 1.82) is 0 Å². The van der Waals surface area contributed by atoms with E-state index in [1.54, 1.807) is 0 Å². The summed E-state index contributed by atoms with van der Waals surface area (Å²) in [6, 6.07) is 14.3. The molecule has 1 aromatic heterocycles. The Kier molecular flexibility index (Phi) is 4.72. The summed E-state index contributed by atoms with van der Waals surface area (Å²) in [6.45, 7) is 8.17. The van der Waals surface area contributed by atoms with Crippen LogP contribution in [0.1, 0.15) is 32.6 Å². The van der Waals surface area contributed by atoms with Crippen molar-refractivity contribution in [3.63, 3.8) is 0 Å². The van der Waals surface area contributed by atoms with Crippen LogP contribution in [0, 0.1) is 27.7 Å². The molecule has 0 atom stereocenters. The molecule has 0 amide bonds. The molecule has 0 fully saturated rings. The van der Waals surface area contributed by atoms with Gasteiger partial charge in [0.15, 0.2) is 5.78 Å². The summed E-state index contributed by atoms with van der Waals surface area (Å²) in [5, 5.41) is 2.09. The van der Waals surface area contributed by atoms with E-state index in [9.17, 15) is 4.79 Å². The van der Waals surface area contributed by atoms with Crippen LogP contribution in [0.3, 0.4) is 0 Å². The van der Waals surface area contributed by atoms with Gasteiger partial charge in [-0.1, -0.05) is 47.7 Å². The van der Waals surface area contributed by atoms with Crippen LogP contribution in [-0.4, -0.2) is 16.5 Å². The lowest BCUT2D eigenvalue weighted by Gasteiger charge is -2.09. The highest BCUT2D eigenvalue weighted by molar-refractivity contribution is 7.99. The average molecular weight is 335 g/mol. The van der Waals surface area contributed by atoms with Crippen molar-refractivity contribution < 1.29 is 4.79 Å². The molecule has 3 heteroatoms. The fraction of sp³-hybridized carbons (Fsp3) is 0.238. The third-order valence-electron chi connectivity index (χ3n) is 4.27. The topological polar surface area (TPSA) is 30.0 Å². The zero-order valence-corrected chi connectivity index (χ0v) is 15.3. The summed E-state index contributed by atoms with van der Waals surface area (Å²) in [7, 11) is 0. The van der Waals surface area contributed by atoms with E-state index in [4.69, 9.17) is 4.98 Å². The predicted octanol–water partition coefficient (Wildman–Crippen LogP) is 5.44. The van der Waals surface area contributed by atoms with Gasteiger partial charge in [-0.3, -0.25) is 4.79 Å². The molecule has 0 bridgehead atoms. The maximum atomic E-state index is 12.6. The van der Waals surface area contributed by atoms with Crippen molar-refractivity contribution in [3.05, 3.63) is 70.3 Å². The Labute approximate surface area is 147 Å². The van der Waals surface area contributed by atoms with E-state index >= 15 is 0 Å². The van der Waals surface area contributed by atoms with Gasteiger partial charge in [-0.15, -0.1) is 0 Å². The molecule has 0 N–H and O–H groups in total. The monoisotopic (exact) mass is 335 g/mol. The van der Waals surface area contributed by atoms with Gasteiger partial charge in [-0.05, 0) is 56.5 Å². The van der Waals surface area contributed by atoms with E-state index in [1.165, 1.54) is 28.3 Å². The lowest BCUT2D eigenvalue weighted by molar-refractivity contribution is 0.102. The predicted molar refractivity (Wildman–Crippen MR) is 102 cm³/mol.